The van der Waals surface area contributed by atoms with Gasteiger partial charge in [-0.1, -0.05) is 18.2 Å². The maximum atomic E-state index is 13.8. The van der Waals surface area contributed by atoms with Crippen LogP contribution in [0.1, 0.15) is 29.7 Å². The van der Waals surface area contributed by atoms with Crippen LogP contribution in [0.4, 0.5) is 13.2 Å². The third kappa shape index (κ3) is 3.20. The minimum Gasteiger partial charge on any atom is -0.306 e. The SMILES string of the molecule is Cc1cc(F)c(C(C)NCc2ccccc2F)cc1F. The van der Waals surface area contributed by atoms with Gasteiger partial charge in [0.2, 0.25) is 0 Å². The Morgan fingerprint density at radius 2 is 1.70 bits per heavy atom. The number of halogens is 3. The van der Waals surface area contributed by atoms with Crippen molar-refractivity contribution in [2.45, 2.75) is 26.4 Å². The van der Waals surface area contributed by atoms with Crippen molar-refractivity contribution >= 4 is 0 Å². The molecule has 1 unspecified atom stereocenters. The van der Waals surface area contributed by atoms with Gasteiger partial charge in [-0.2, -0.15) is 0 Å². The van der Waals surface area contributed by atoms with Crippen LogP contribution in [0.15, 0.2) is 36.4 Å². The molecule has 0 fully saturated rings. The molecule has 0 saturated heterocycles. The van der Waals surface area contributed by atoms with Gasteiger partial charge >= 0.3 is 0 Å². The molecule has 0 saturated carbocycles. The molecule has 0 spiro atoms. The average Bonchev–Trinajstić information content (AvgIpc) is 2.41. The number of aryl methyl sites for hydroxylation is 1. The van der Waals surface area contributed by atoms with Crippen molar-refractivity contribution in [2.24, 2.45) is 0 Å². The van der Waals surface area contributed by atoms with Gasteiger partial charge in [-0.15, -0.1) is 0 Å². The molecule has 0 aliphatic rings. The molecule has 0 radical (unpaired) electrons. The third-order valence-electron chi connectivity index (χ3n) is 3.30. The Labute approximate surface area is 116 Å². The molecule has 106 valence electrons. The minimum atomic E-state index is -0.461. The summed E-state index contributed by atoms with van der Waals surface area (Å²) in [7, 11) is 0. The summed E-state index contributed by atoms with van der Waals surface area (Å²) < 4.78 is 40.8. The van der Waals surface area contributed by atoms with Gasteiger partial charge in [0.25, 0.3) is 0 Å². The fraction of sp³-hybridized carbons (Fsp3) is 0.250. The molecule has 0 aliphatic carbocycles. The normalized spacial score (nSPS) is 12.4. The van der Waals surface area contributed by atoms with E-state index in [4.69, 9.17) is 0 Å². The molecule has 1 N–H and O–H groups in total. The standard InChI is InChI=1S/C16H16F3N/c1-10-7-16(19)13(8-15(10)18)11(2)20-9-12-5-3-4-6-14(12)17/h3-8,11,20H,9H2,1-2H3. The molecular weight excluding hydrogens is 263 g/mol. The second-order valence-corrected chi connectivity index (χ2v) is 4.82. The summed E-state index contributed by atoms with van der Waals surface area (Å²) in [6.07, 6.45) is 0. The van der Waals surface area contributed by atoms with Crippen molar-refractivity contribution in [3.63, 3.8) is 0 Å². The topological polar surface area (TPSA) is 12.0 Å². The lowest BCUT2D eigenvalue weighted by Gasteiger charge is -2.16. The molecule has 1 nitrogen and oxygen atoms in total. The van der Waals surface area contributed by atoms with E-state index in [0.717, 1.165) is 0 Å². The van der Waals surface area contributed by atoms with E-state index < -0.39 is 17.7 Å². The van der Waals surface area contributed by atoms with Crippen LogP contribution >= 0.6 is 0 Å². The maximum Gasteiger partial charge on any atom is 0.128 e. The van der Waals surface area contributed by atoms with Crippen LogP contribution in [0.25, 0.3) is 0 Å². The largest absolute Gasteiger partial charge is 0.306 e. The van der Waals surface area contributed by atoms with Crippen molar-refractivity contribution in [3.8, 4) is 0 Å². The van der Waals surface area contributed by atoms with Crippen molar-refractivity contribution in [3.05, 3.63) is 70.5 Å². The molecule has 0 amide bonds. The summed E-state index contributed by atoms with van der Waals surface area (Å²) in [5.74, 6) is -1.22. The Morgan fingerprint density at radius 3 is 2.40 bits per heavy atom. The lowest BCUT2D eigenvalue weighted by Crippen LogP contribution is -2.20. The summed E-state index contributed by atoms with van der Waals surface area (Å²) >= 11 is 0. The third-order valence-corrected chi connectivity index (χ3v) is 3.30. The van der Waals surface area contributed by atoms with Gasteiger partial charge in [0.1, 0.15) is 17.5 Å². The van der Waals surface area contributed by atoms with Gasteiger partial charge in [-0.25, -0.2) is 13.2 Å². The highest BCUT2D eigenvalue weighted by molar-refractivity contribution is 5.27. The zero-order valence-corrected chi connectivity index (χ0v) is 11.4. The highest BCUT2D eigenvalue weighted by Gasteiger charge is 2.14. The summed E-state index contributed by atoms with van der Waals surface area (Å²) in [6.45, 7) is 3.48. The monoisotopic (exact) mass is 279 g/mol. The van der Waals surface area contributed by atoms with E-state index in [0.29, 0.717) is 5.56 Å². The van der Waals surface area contributed by atoms with E-state index in [1.807, 2.05) is 0 Å². The molecule has 0 aliphatic heterocycles. The summed E-state index contributed by atoms with van der Waals surface area (Å²) in [5, 5.41) is 3.00. The van der Waals surface area contributed by atoms with E-state index in [9.17, 15) is 13.2 Å². The predicted octanol–water partition coefficient (Wildman–Crippen LogP) is 4.26. The second-order valence-electron chi connectivity index (χ2n) is 4.82. The minimum absolute atomic E-state index is 0.240. The summed E-state index contributed by atoms with van der Waals surface area (Å²) in [5.41, 5.74) is 1.00. The molecule has 2 rings (SSSR count). The van der Waals surface area contributed by atoms with E-state index in [-0.39, 0.29) is 23.5 Å². The number of benzene rings is 2. The molecule has 2 aromatic carbocycles. The first-order valence-electron chi connectivity index (χ1n) is 6.41. The van der Waals surface area contributed by atoms with Crippen LogP contribution in [0.2, 0.25) is 0 Å². The zero-order chi connectivity index (χ0) is 14.7. The van der Waals surface area contributed by atoms with Crippen molar-refractivity contribution in [2.75, 3.05) is 0 Å². The van der Waals surface area contributed by atoms with Crippen LogP contribution < -0.4 is 5.32 Å². The number of nitrogens with one attached hydrogen (secondary N) is 1. The highest BCUT2D eigenvalue weighted by atomic mass is 19.1. The first-order valence-corrected chi connectivity index (χ1v) is 6.41. The van der Waals surface area contributed by atoms with E-state index >= 15 is 0 Å². The lowest BCUT2D eigenvalue weighted by atomic mass is 10.0. The summed E-state index contributed by atoms with van der Waals surface area (Å²) in [6, 6.07) is 8.31. The fourth-order valence-electron chi connectivity index (χ4n) is 2.01. The molecule has 20 heavy (non-hydrogen) atoms. The zero-order valence-electron chi connectivity index (χ0n) is 11.4. The predicted molar refractivity (Wildman–Crippen MR) is 72.7 cm³/mol. The Morgan fingerprint density at radius 1 is 1.00 bits per heavy atom. The molecule has 4 heteroatoms. The highest BCUT2D eigenvalue weighted by Crippen LogP contribution is 2.21. The molecule has 0 aromatic heterocycles. The fourth-order valence-corrected chi connectivity index (χ4v) is 2.01. The van der Waals surface area contributed by atoms with Crippen LogP contribution in [0.3, 0.4) is 0 Å². The van der Waals surface area contributed by atoms with Gasteiger partial charge in [0, 0.05) is 23.7 Å². The van der Waals surface area contributed by atoms with E-state index in [1.165, 1.54) is 25.1 Å². The molecule has 0 bridgehead atoms. The Bertz CT molecular complexity index is 611. The number of hydrogen-bond acceptors (Lipinski definition) is 1. The quantitative estimate of drug-likeness (QED) is 0.881. The first kappa shape index (κ1) is 14.6. The smallest absolute Gasteiger partial charge is 0.128 e. The first-order chi connectivity index (χ1) is 9.49. The Kier molecular flexibility index (Phi) is 4.45. The average molecular weight is 279 g/mol. The van der Waals surface area contributed by atoms with Crippen LogP contribution in [0, 0.1) is 24.4 Å². The maximum absolute atomic E-state index is 13.8. The Balaban J connectivity index is 2.11. The van der Waals surface area contributed by atoms with Crippen LogP contribution in [-0.4, -0.2) is 0 Å². The molecule has 0 heterocycles. The van der Waals surface area contributed by atoms with Gasteiger partial charge in [0.05, 0.1) is 0 Å². The van der Waals surface area contributed by atoms with Crippen LogP contribution in [-0.2, 0) is 6.54 Å². The van der Waals surface area contributed by atoms with E-state index in [1.54, 1.807) is 25.1 Å². The van der Waals surface area contributed by atoms with Gasteiger partial charge in [0.15, 0.2) is 0 Å². The van der Waals surface area contributed by atoms with Crippen LogP contribution in [0.5, 0.6) is 0 Å². The second kappa shape index (κ2) is 6.09. The van der Waals surface area contributed by atoms with Gasteiger partial charge < -0.3 is 5.32 Å². The lowest BCUT2D eigenvalue weighted by molar-refractivity contribution is 0.507. The van der Waals surface area contributed by atoms with Crippen molar-refractivity contribution in [1.82, 2.24) is 5.32 Å². The van der Waals surface area contributed by atoms with Crippen molar-refractivity contribution in [1.29, 1.82) is 0 Å². The molecule has 2 aromatic rings. The van der Waals surface area contributed by atoms with Gasteiger partial charge in [-0.3, -0.25) is 0 Å². The van der Waals surface area contributed by atoms with Crippen molar-refractivity contribution < 1.29 is 13.2 Å². The molecule has 1 atom stereocenters. The number of rotatable bonds is 4. The molecular formula is C16H16F3N. The van der Waals surface area contributed by atoms with E-state index in [2.05, 4.69) is 5.32 Å². The summed E-state index contributed by atoms with van der Waals surface area (Å²) in [4.78, 5) is 0. The van der Waals surface area contributed by atoms with Gasteiger partial charge in [-0.05, 0) is 37.6 Å². The Hall–Kier alpha value is -1.81. The number of hydrogen-bond donors (Lipinski definition) is 1.